The Morgan fingerprint density at radius 2 is 2.00 bits per heavy atom. The van der Waals surface area contributed by atoms with Gasteiger partial charge in [0, 0.05) is 12.1 Å². The number of fused-ring (bicyclic) bond motifs is 1. The molecule has 33 heavy (non-hydrogen) atoms. The topological polar surface area (TPSA) is 127 Å². The number of esters is 1. The minimum absolute atomic E-state index is 0.0204. The molecular formula is C23H18N3O6S-. The zero-order valence-corrected chi connectivity index (χ0v) is 18.5. The first-order valence-corrected chi connectivity index (χ1v) is 10.8. The maximum absolute atomic E-state index is 13.4. The molecule has 0 bridgehead atoms. The lowest BCUT2D eigenvalue weighted by Gasteiger charge is -2.24. The summed E-state index contributed by atoms with van der Waals surface area (Å²) in [5.74, 6) is -1.02. The lowest BCUT2D eigenvalue weighted by molar-refractivity contribution is -0.385. The number of carbonyl (C=O) groups excluding carboxylic acids is 1. The maximum Gasteiger partial charge on any atom is 0.338 e. The second-order valence-electron chi connectivity index (χ2n) is 7.19. The van der Waals surface area contributed by atoms with Crippen molar-refractivity contribution in [2.45, 2.75) is 19.9 Å². The SMILES string of the molecule is CCOC(=O)C1=C(C)N=c2s/c(=C\c3cc([N+](=O)[O-])ccc3[O-])c(=O)n2[C@@H]1c1ccccc1. The van der Waals surface area contributed by atoms with Gasteiger partial charge in [0.05, 0.1) is 33.4 Å². The lowest BCUT2D eigenvalue weighted by atomic mass is 9.96. The highest BCUT2D eigenvalue weighted by atomic mass is 32.1. The molecule has 1 atom stereocenters. The van der Waals surface area contributed by atoms with E-state index in [1.165, 1.54) is 10.6 Å². The average Bonchev–Trinajstić information content (AvgIpc) is 3.09. The Kier molecular flexibility index (Phi) is 5.93. The molecule has 0 saturated heterocycles. The van der Waals surface area contributed by atoms with E-state index in [-0.39, 0.29) is 28.0 Å². The molecule has 0 radical (unpaired) electrons. The first kappa shape index (κ1) is 22.2. The van der Waals surface area contributed by atoms with E-state index in [4.69, 9.17) is 4.74 Å². The van der Waals surface area contributed by atoms with Crippen LogP contribution in [0.2, 0.25) is 0 Å². The van der Waals surface area contributed by atoms with Gasteiger partial charge in [-0.25, -0.2) is 9.79 Å². The molecule has 2 aromatic carbocycles. The fourth-order valence-electron chi connectivity index (χ4n) is 3.65. The molecular weight excluding hydrogens is 446 g/mol. The second-order valence-corrected chi connectivity index (χ2v) is 8.20. The number of thiazole rings is 1. The predicted molar refractivity (Wildman–Crippen MR) is 119 cm³/mol. The number of ether oxygens (including phenoxy) is 1. The van der Waals surface area contributed by atoms with Crippen LogP contribution in [0.25, 0.3) is 6.08 Å². The summed E-state index contributed by atoms with van der Waals surface area (Å²) >= 11 is 1.04. The number of nitro benzene ring substituents is 1. The van der Waals surface area contributed by atoms with Gasteiger partial charge in [-0.1, -0.05) is 47.7 Å². The third-order valence-corrected chi connectivity index (χ3v) is 6.11. The Morgan fingerprint density at radius 3 is 2.67 bits per heavy atom. The van der Waals surface area contributed by atoms with Crippen LogP contribution >= 0.6 is 11.3 Å². The Balaban J connectivity index is 1.96. The standard InChI is InChI=1S/C23H19N3O6S/c1-3-32-22(29)19-13(2)24-23-25(20(19)14-7-5-4-6-8-14)21(28)18(33-23)12-15-11-16(26(30)31)9-10-17(15)27/h4-12,20,27H,3H2,1-2H3/p-1/b18-12-/t20-/m1/s1. The number of nitrogens with zero attached hydrogens (tertiary/aromatic N) is 3. The van der Waals surface area contributed by atoms with Crippen molar-refractivity contribution in [3.63, 3.8) is 0 Å². The number of allylic oxidation sites excluding steroid dienone is 1. The van der Waals surface area contributed by atoms with E-state index < -0.39 is 28.2 Å². The van der Waals surface area contributed by atoms with Crippen LogP contribution in [0.3, 0.4) is 0 Å². The molecule has 0 fully saturated rings. The van der Waals surface area contributed by atoms with Crippen molar-refractivity contribution in [3.8, 4) is 5.75 Å². The summed E-state index contributed by atoms with van der Waals surface area (Å²) in [7, 11) is 0. The second kappa shape index (κ2) is 8.83. The molecule has 1 aliphatic rings. The Bertz CT molecular complexity index is 1470. The smallest absolute Gasteiger partial charge is 0.338 e. The highest BCUT2D eigenvalue weighted by Gasteiger charge is 2.33. The van der Waals surface area contributed by atoms with E-state index in [2.05, 4.69) is 4.99 Å². The number of hydrogen-bond acceptors (Lipinski definition) is 8. The van der Waals surface area contributed by atoms with Crippen LogP contribution < -0.4 is 20.0 Å². The van der Waals surface area contributed by atoms with Crippen molar-refractivity contribution in [2.24, 2.45) is 4.99 Å². The van der Waals surface area contributed by atoms with Gasteiger partial charge in [0.2, 0.25) is 0 Å². The van der Waals surface area contributed by atoms with E-state index in [1.54, 1.807) is 38.1 Å². The third kappa shape index (κ3) is 4.08. The van der Waals surface area contributed by atoms with Crippen LogP contribution in [0.1, 0.15) is 31.0 Å². The third-order valence-electron chi connectivity index (χ3n) is 5.12. The van der Waals surface area contributed by atoms with Gasteiger partial charge in [-0.15, -0.1) is 5.75 Å². The van der Waals surface area contributed by atoms with E-state index in [0.29, 0.717) is 16.1 Å². The van der Waals surface area contributed by atoms with Crippen molar-refractivity contribution >= 4 is 29.1 Å². The van der Waals surface area contributed by atoms with Gasteiger partial charge in [-0.05, 0) is 31.1 Å². The number of rotatable bonds is 5. The summed E-state index contributed by atoms with van der Waals surface area (Å²) in [5.41, 5.74) is 0.676. The minimum atomic E-state index is -0.763. The van der Waals surface area contributed by atoms with Crippen LogP contribution in [-0.4, -0.2) is 22.1 Å². The molecule has 9 nitrogen and oxygen atoms in total. The molecule has 2 heterocycles. The first-order valence-electron chi connectivity index (χ1n) is 10.0. The summed E-state index contributed by atoms with van der Waals surface area (Å²) < 4.78 is 6.80. The van der Waals surface area contributed by atoms with Crippen molar-refractivity contribution in [1.29, 1.82) is 0 Å². The van der Waals surface area contributed by atoms with Gasteiger partial charge in [-0.2, -0.15) is 0 Å². The first-order chi connectivity index (χ1) is 15.8. The van der Waals surface area contributed by atoms with E-state index in [9.17, 15) is 24.8 Å². The fourth-order valence-corrected chi connectivity index (χ4v) is 4.68. The van der Waals surface area contributed by atoms with Crippen LogP contribution in [0.5, 0.6) is 5.75 Å². The van der Waals surface area contributed by atoms with Gasteiger partial charge < -0.3 is 9.84 Å². The van der Waals surface area contributed by atoms with Gasteiger partial charge >= 0.3 is 5.97 Å². The minimum Gasteiger partial charge on any atom is -0.872 e. The normalized spacial score (nSPS) is 15.7. The highest BCUT2D eigenvalue weighted by Crippen LogP contribution is 2.30. The van der Waals surface area contributed by atoms with Gasteiger partial charge in [0.25, 0.3) is 11.2 Å². The van der Waals surface area contributed by atoms with Crippen LogP contribution in [0.15, 0.2) is 69.6 Å². The number of non-ortho nitro benzene ring substituents is 1. The van der Waals surface area contributed by atoms with Crippen molar-refractivity contribution in [1.82, 2.24) is 4.57 Å². The van der Waals surface area contributed by atoms with E-state index >= 15 is 0 Å². The molecule has 0 aliphatic carbocycles. The summed E-state index contributed by atoms with van der Waals surface area (Å²) in [6.07, 6.45) is 1.32. The number of aromatic nitrogens is 1. The Hall–Kier alpha value is -4.05. The maximum atomic E-state index is 13.4. The molecule has 3 aromatic rings. The highest BCUT2D eigenvalue weighted by molar-refractivity contribution is 7.07. The summed E-state index contributed by atoms with van der Waals surface area (Å²) in [6.45, 7) is 3.54. The molecule has 1 aromatic heterocycles. The Morgan fingerprint density at radius 1 is 1.27 bits per heavy atom. The number of carbonyl (C=O) groups is 1. The van der Waals surface area contributed by atoms with Crippen molar-refractivity contribution in [2.75, 3.05) is 6.61 Å². The summed E-state index contributed by atoms with van der Waals surface area (Å²) in [5, 5.41) is 23.3. The zero-order valence-electron chi connectivity index (χ0n) is 17.7. The van der Waals surface area contributed by atoms with Gasteiger partial charge in [0.15, 0.2) is 4.80 Å². The molecule has 0 saturated carbocycles. The molecule has 0 spiro atoms. The molecule has 4 rings (SSSR count). The predicted octanol–water partition coefficient (Wildman–Crippen LogP) is 1.78. The molecule has 10 heteroatoms. The number of hydrogen-bond donors (Lipinski definition) is 0. The summed E-state index contributed by atoms with van der Waals surface area (Å²) in [4.78, 5) is 41.5. The van der Waals surface area contributed by atoms with E-state index in [0.717, 1.165) is 29.5 Å². The molecule has 0 unspecified atom stereocenters. The lowest BCUT2D eigenvalue weighted by Crippen LogP contribution is -2.39. The molecule has 1 aliphatic heterocycles. The number of nitro groups is 1. The monoisotopic (exact) mass is 464 g/mol. The van der Waals surface area contributed by atoms with Crippen molar-refractivity contribution < 1.29 is 19.6 Å². The largest absolute Gasteiger partial charge is 0.872 e. The molecule has 0 N–H and O–H groups in total. The van der Waals surface area contributed by atoms with Crippen LogP contribution in [0.4, 0.5) is 5.69 Å². The van der Waals surface area contributed by atoms with E-state index in [1.807, 2.05) is 6.07 Å². The van der Waals surface area contributed by atoms with Crippen LogP contribution in [0, 0.1) is 10.1 Å². The summed E-state index contributed by atoms with van der Waals surface area (Å²) in [6, 6.07) is 11.6. The molecule has 168 valence electrons. The Labute approximate surface area is 191 Å². The average molecular weight is 464 g/mol. The van der Waals surface area contributed by atoms with Gasteiger partial charge in [-0.3, -0.25) is 19.5 Å². The van der Waals surface area contributed by atoms with Crippen LogP contribution in [-0.2, 0) is 9.53 Å². The number of benzene rings is 2. The zero-order chi connectivity index (χ0) is 23.7. The molecule has 0 amide bonds. The van der Waals surface area contributed by atoms with Gasteiger partial charge in [0.1, 0.15) is 0 Å². The fraction of sp³-hybridized carbons (Fsp3) is 0.174. The quantitative estimate of drug-likeness (QED) is 0.322. The van der Waals surface area contributed by atoms with Crippen molar-refractivity contribution in [3.05, 3.63) is 101 Å².